The molecule has 0 atom stereocenters. The van der Waals surface area contributed by atoms with Crippen molar-refractivity contribution < 1.29 is 14.3 Å². The van der Waals surface area contributed by atoms with Gasteiger partial charge < -0.3 is 9.47 Å². The molecule has 0 saturated heterocycles. The van der Waals surface area contributed by atoms with Gasteiger partial charge in [-0.15, -0.1) is 0 Å². The molecule has 0 aromatic heterocycles. The minimum Gasteiger partial charge on any atom is -0.466 e. The first-order valence-corrected chi connectivity index (χ1v) is 7.19. The van der Waals surface area contributed by atoms with Crippen LogP contribution in [0.4, 0.5) is 0 Å². The quantitative estimate of drug-likeness (QED) is 0.439. The summed E-state index contributed by atoms with van der Waals surface area (Å²) in [6.45, 7) is 10.6. The van der Waals surface area contributed by atoms with Gasteiger partial charge in [0.15, 0.2) is 0 Å². The summed E-state index contributed by atoms with van der Waals surface area (Å²) in [5, 5.41) is 0. The molecule has 0 aromatic rings. The van der Waals surface area contributed by atoms with Crippen molar-refractivity contribution in [1.29, 1.82) is 0 Å². The average molecular weight is 258 g/mol. The molecule has 0 bridgehead atoms. The number of carbonyl (C=O) groups is 1. The van der Waals surface area contributed by atoms with Crippen LogP contribution in [0.1, 0.15) is 66.2 Å². The summed E-state index contributed by atoms with van der Waals surface area (Å²) in [4.78, 5) is 11.4. The van der Waals surface area contributed by atoms with E-state index in [1.165, 1.54) is 12.8 Å². The number of carbonyl (C=O) groups excluding carboxylic acids is 1. The lowest BCUT2D eigenvalue weighted by molar-refractivity contribution is -0.144. The van der Waals surface area contributed by atoms with Crippen LogP contribution in [0.15, 0.2) is 0 Å². The molecule has 18 heavy (non-hydrogen) atoms. The molecular weight excluding hydrogens is 228 g/mol. The molecule has 3 nitrogen and oxygen atoms in total. The Morgan fingerprint density at radius 1 is 1.00 bits per heavy atom. The first kappa shape index (κ1) is 17.4. The van der Waals surface area contributed by atoms with E-state index < -0.39 is 0 Å². The molecule has 108 valence electrons. The van der Waals surface area contributed by atoms with Gasteiger partial charge >= 0.3 is 5.97 Å². The van der Waals surface area contributed by atoms with E-state index in [2.05, 4.69) is 20.8 Å². The predicted octanol–water partition coefficient (Wildman–Crippen LogP) is 3.95. The summed E-state index contributed by atoms with van der Waals surface area (Å²) < 4.78 is 10.3. The molecule has 0 aliphatic rings. The zero-order valence-corrected chi connectivity index (χ0v) is 12.6. The third-order valence-corrected chi connectivity index (χ3v) is 2.71. The molecule has 0 radical (unpaired) electrons. The number of rotatable bonds is 10. The number of hydrogen-bond acceptors (Lipinski definition) is 3. The van der Waals surface area contributed by atoms with E-state index in [0.29, 0.717) is 25.0 Å². The van der Waals surface area contributed by atoms with Crippen LogP contribution in [0.2, 0.25) is 0 Å². The van der Waals surface area contributed by atoms with Crippen molar-refractivity contribution in [3.8, 4) is 0 Å². The molecular formula is C15H30O3. The first-order valence-electron chi connectivity index (χ1n) is 7.19. The van der Waals surface area contributed by atoms with E-state index in [1.54, 1.807) is 0 Å². The monoisotopic (exact) mass is 258 g/mol. The zero-order valence-electron chi connectivity index (χ0n) is 12.6. The second kappa shape index (κ2) is 10.4. The zero-order chi connectivity index (χ0) is 13.9. The van der Waals surface area contributed by atoms with Crippen LogP contribution in [0, 0.1) is 5.41 Å². The van der Waals surface area contributed by atoms with Crippen molar-refractivity contribution in [1.82, 2.24) is 0 Å². The molecule has 3 heteroatoms. The van der Waals surface area contributed by atoms with E-state index >= 15 is 0 Å². The summed E-state index contributed by atoms with van der Waals surface area (Å²) in [6.07, 6.45) is 5.82. The van der Waals surface area contributed by atoms with Crippen LogP contribution in [-0.2, 0) is 14.3 Å². The van der Waals surface area contributed by atoms with Gasteiger partial charge in [0.1, 0.15) is 0 Å². The Labute approximate surface area is 112 Å². The molecule has 0 unspecified atom stereocenters. The fourth-order valence-electron chi connectivity index (χ4n) is 1.66. The van der Waals surface area contributed by atoms with Gasteiger partial charge in [-0.1, -0.05) is 33.6 Å². The number of ether oxygens (including phenoxy) is 2. The van der Waals surface area contributed by atoms with Gasteiger partial charge in [0, 0.05) is 26.1 Å². The van der Waals surface area contributed by atoms with Crippen LogP contribution in [0.5, 0.6) is 0 Å². The van der Waals surface area contributed by atoms with Gasteiger partial charge in [0.05, 0.1) is 6.61 Å². The summed E-state index contributed by atoms with van der Waals surface area (Å²) in [5.74, 6) is -0.0674. The van der Waals surface area contributed by atoms with Gasteiger partial charge in [0.2, 0.25) is 0 Å². The highest BCUT2D eigenvalue weighted by Gasteiger charge is 2.09. The second-order valence-electron chi connectivity index (χ2n) is 5.89. The Bertz CT molecular complexity index is 206. The van der Waals surface area contributed by atoms with Gasteiger partial charge in [-0.3, -0.25) is 4.79 Å². The third kappa shape index (κ3) is 13.5. The molecule has 0 saturated carbocycles. The van der Waals surface area contributed by atoms with Crippen LogP contribution < -0.4 is 0 Å². The SMILES string of the molecule is CCOCCCOC(=O)CCCCCC(C)(C)C. The molecule has 0 heterocycles. The Morgan fingerprint density at radius 3 is 2.33 bits per heavy atom. The minimum atomic E-state index is -0.0674. The fraction of sp³-hybridized carbons (Fsp3) is 0.933. The summed E-state index contributed by atoms with van der Waals surface area (Å²) in [5.41, 5.74) is 0.403. The van der Waals surface area contributed by atoms with Gasteiger partial charge in [-0.2, -0.15) is 0 Å². The topological polar surface area (TPSA) is 35.5 Å². The van der Waals surface area contributed by atoms with E-state index in [-0.39, 0.29) is 5.97 Å². The van der Waals surface area contributed by atoms with E-state index in [1.807, 2.05) is 6.92 Å². The standard InChI is InChI=1S/C15H30O3/c1-5-17-12-9-13-18-14(16)10-7-6-8-11-15(2,3)4/h5-13H2,1-4H3. The molecule has 0 rings (SSSR count). The predicted molar refractivity (Wildman–Crippen MR) is 74.6 cm³/mol. The Morgan fingerprint density at radius 2 is 1.72 bits per heavy atom. The van der Waals surface area contributed by atoms with Crippen LogP contribution >= 0.6 is 0 Å². The maximum absolute atomic E-state index is 11.4. The summed E-state index contributed by atoms with van der Waals surface area (Å²) in [6, 6.07) is 0. The van der Waals surface area contributed by atoms with Crippen molar-refractivity contribution in [3.63, 3.8) is 0 Å². The van der Waals surface area contributed by atoms with Crippen molar-refractivity contribution in [2.45, 2.75) is 66.2 Å². The summed E-state index contributed by atoms with van der Waals surface area (Å²) >= 11 is 0. The molecule has 0 aliphatic carbocycles. The van der Waals surface area contributed by atoms with Crippen LogP contribution in [0.3, 0.4) is 0 Å². The van der Waals surface area contributed by atoms with Gasteiger partial charge in [0.25, 0.3) is 0 Å². The number of hydrogen-bond donors (Lipinski definition) is 0. The van der Waals surface area contributed by atoms with Crippen molar-refractivity contribution in [2.75, 3.05) is 19.8 Å². The van der Waals surface area contributed by atoms with Crippen molar-refractivity contribution >= 4 is 5.97 Å². The van der Waals surface area contributed by atoms with Crippen LogP contribution in [0.25, 0.3) is 0 Å². The molecule has 0 N–H and O–H groups in total. The molecule has 0 fully saturated rings. The lowest BCUT2D eigenvalue weighted by atomic mass is 9.89. The Hall–Kier alpha value is -0.570. The smallest absolute Gasteiger partial charge is 0.305 e. The van der Waals surface area contributed by atoms with Crippen molar-refractivity contribution in [3.05, 3.63) is 0 Å². The Kier molecular flexibility index (Phi) is 10.0. The fourth-order valence-corrected chi connectivity index (χ4v) is 1.66. The average Bonchev–Trinajstić information content (AvgIpc) is 2.27. The molecule has 0 aliphatic heterocycles. The summed E-state index contributed by atoms with van der Waals surface area (Å²) in [7, 11) is 0. The maximum atomic E-state index is 11.4. The van der Waals surface area contributed by atoms with Gasteiger partial charge in [-0.25, -0.2) is 0 Å². The van der Waals surface area contributed by atoms with E-state index in [4.69, 9.17) is 9.47 Å². The minimum absolute atomic E-state index is 0.0674. The first-order chi connectivity index (χ1) is 8.45. The Balaban J connectivity index is 3.27. The third-order valence-electron chi connectivity index (χ3n) is 2.71. The number of esters is 1. The maximum Gasteiger partial charge on any atom is 0.305 e. The normalized spacial score (nSPS) is 11.6. The number of unbranched alkanes of at least 4 members (excludes halogenated alkanes) is 2. The highest BCUT2D eigenvalue weighted by Crippen LogP contribution is 2.22. The molecule has 0 spiro atoms. The highest BCUT2D eigenvalue weighted by atomic mass is 16.5. The highest BCUT2D eigenvalue weighted by molar-refractivity contribution is 5.69. The molecule has 0 aromatic carbocycles. The second-order valence-corrected chi connectivity index (χ2v) is 5.89. The van der Waals surface area contributed by atoms with Crippen LogP contribution in [-0.4, -0.2) is 25.8 Å². The van der Waals surface area contributed by atoms with E-state index in [0.717, 1.165) is 25.9 Å². The van der Waals surface area contributed by atoms with Gasteiger partial charge in [-0.05, 0) is 25.2 Å². The van der Waals surface area contributed by atoms with Crippen molar-refractivity contribution in [2.24, 2.45) is 5.41 Å². The molecule has 0 amide bonds. The lowest BCUT2D eigenvalue weighted by Crippen LogP contribution is -2.08. The lowest BCUT2D eigenvalue weighted by Gasteiger charge is -2.17. The largest absolute Gasteiger partial charge is 0.466 e. The van der Waals surface area contributed by atoms with E-state index in [9.17, 15) is 4.79 Å².